The second-order valence-corrected chi connectivity index (χ2v) is 6.15. The molecule has 0 unspecified atom stereocenters. The molecule has 0 radical (unpaired) electrons. The summed E-state index contributed by atoms with van der Waals surface area (Å²) in [5, 5.41) is -0.252. The zero-order valence-electron chi connectivity index (χ0n) is 9.98. The average Bonchev–Trinajstić information content (AvgIpc) is 2.31. The summed E-state index contributed by atoms with van der Waals surface area (Å²) < 4.78 is 29.7. The zero-order chi connectivity index (χ0) is 12.0. The fraction of sp³-hybridized carbons (Fsp3) is 0.667. The van der Waals surface area contributed by atoms with E-state index < -0.39 is 9.84 Å². The van der Waals surface area contributed by atoms with E-state index >= 15 is 0 Å². The Labute approximate surface area is 98.1 Å². The van der Waals surface area contributed by atoms with Gasteiger partial charge in [0.05, 0.1) is 5.25 Å². The largest absolute Gasteiger partial charge is 0.381 e. The monoisotopic (exact) mass is 244 g/mol. The summed E-state index contributed by atoms with van der Waals surface area (Å²) in [6.07, 6.45) is 7.14. The molecule has 1 rings (SSSR count). The fourth-order valence-corrected chi connectivity index (χ4v) is 3.73. The van der Waals surface area contributed by atoms with Crippen molar-refractivity contribution in [1.29, 1.82) is 0 Å². The molecule has 92 valence electrons. The molecular formula is C12H20O3S. The number of hydrogen-bond acceptors (Lipinski definition) is 3. The van der Waals surface area contributed by atoms with Crippen LogP contribution in [0.1, 0.15) is 33.1 Å². The second kappa shape index (κ2) is 6.21. The second-order valence-electron chi connectivity index (χ2n) is 3.87. The molecule has 0 saturated carbocycles. The molecule has 1 saturated heterocycles. The SMILES string of the molecule is C/C=C/C=C(\CC)S(=O)(=O)C1CCOCC1. The molecule has 0 atom stereocenters. The number of ether oxygens (including phenoxy) is 1. The van der Waals surface area contributed by atoms with Crippen LogP contribution in [0.5, 0.6) is 0 Å². The van der Waals surface area contributed by atoms with Crippen LogP contribution < -0.4 is 0 Å². The maximum Gasteiger partial charge on any atom is 0.177 e. The van der Waals surface area contributed by atoms with E-state index in [0.29, 0.717) is 37.4 Å². The minimum absolute atomic E-state index is 0.252. The fourth-order valence-electron chi connectivity index (χ4n) is 1.82. The Kier molecular flexibility index (Phi) is 5.22. The third-order valence-corrected chi connectivity index (χ3v) is 5.30. The normalized spacial score (nSPS) is 20.5. The standard InChI is InChI=1S/C12H20O3S/c1-3-5-6-11(4-2)16(13,14)12-7-9-15-10-8-12/h3,5-6,12H,4,7-10H2,1-2H3/b5-3+,11-6+. The summed E-state index contributed by atoms with van der Waals surface area (Å²) in [5.74, 6) is 0. The van der Waals surface area contributed by atoms with Gasteiger partial charge in [0.25, 0.3) is 0 Å². The van der Waals surface area contributed by atoms with Crippen LogP contribution in [0.15, 0.2) is 23.1 Å². The maximum atomic E-state index is 12.3. The summed E-state index contributed by atoms with van der Waals surface area (Å²) in [6.45, 7) is 4.88. The van der Waals surface area contributed by atoms with Gasteiger partial charge in [0.15, 0.2) is 9.84 Å². The van der Waals surface area contributed by atoms with Crippen LogP contribution in [0, 0.1) is 0 Å². The first-order chi connectivity index (χ1) is 7.62. The Morgan fingerprint density at radius 1 is 1.38 bits per heavy atom. The molecule has 4 heteroatoms. The average molecular weight is 244 g/mol. The zero-order valence-corrected chi connectivity index (χ0v) is 10.8. The van der Waals surface area contributed by atoms with Crippen molar-refractivity contribution in [1.82, 2.24) is 0 Å². The van der Waals surface area contributed by atoms with Crippen molar-refractivity contribution in [3.8, 4) is 0 Å². The molecule has 0 aromatic carbocycles. The van der Waals surface area contributed by atoms with E-state index in [1.54, 1.807) is 12.2 Å². The summed E-state index contributed by atoms with van der Waals surface area (Å²) in [6, 6.07) is 0. The number of rotatable bonds is 4. The van der Waals surface area contributed by atoms with Gasteiger partial charge in [-0.25, -0.2) is 8.42 Å². The van der Waals surface area contributed by atoms with Crippen molar-refractivity contribution in [2.24, 2.45) is 0 Å². The molecule has 16 heavy (non-hydrogen) atoms. The topological polar surface area (TPSA) is 43.4 Å². The highest BCUT2D eigenvalue weighted by molar-refractivity contribution is 7.95. The van der Waals surface area contributed by atoms with Crippen molar-refractivity contribution in [3.63, 3.8) is 0 Å². The minimum Gasteiger partial charge on any atom is -0.381 e. The highest BCUT2D eigenvalue weighted by atomic mass is 32.2. The van der Waals surface area contributed by atoms with Crippen molar-refractivity contribution < 1.29 is 13.2 Å². The molecule has 1 aliphatic heterocycles. The van der Waals surface area contributed by atoms with Crippen LogP contribution in [-0.2, 0) is 14.6 Å². The Morgan fingerprint density at radius 3 is 2.50 bits per heavy atom. The van der Waals surface area contributed by atoms with Gasteiger partial charge in [-0.2, -0.15) is 0 Å². The quantitative estimate of drug-likeness (QED) is 0.713. The molecule has 3 nitrogen and oxygen atoms in total. The van der Waals surface area contributed by atoms with Crippen LogP contribution in [0.3, 0.4) is 0 Å². The van der Waals surface area contributed by atoms with E-state index in [1.807, 2.05) is 19.9 Å². The summed E-state index contributed by atoms with van der Waals surface area (Å²) in [7, 11) is -3.12. The molecule has 1 heterocycles. The summed E-state index contributed by atoms with van der Waals surface area (Å²) in [4.78, 5) is 0.539. The lowest BCUT2D eigenvalue weighted by Crippen LogP contribution is -2.29. The van der Waals surface area contributed by atoms with Crippen molar-refractivity contribution in [3.05, 3.63) is 23.1 Å². The maximum absolute atomic E-state index is 12.3. The first-order valence-electron chi connectivity index (χ1n) is 5.76. The number of hydrogen-bond donors (Lipinski definition) is 0. The highest BCUT2D eigenvalue weighted by Gasteiger charge is 2.29. The van der Waals surface area contributed by atoms with Crippen molar-refractivity contribution in [2.45, 2.75) is 38.4 Å². The Hall–Kier alpha value is -0.610. The van der Waals surface area contributed by atoms with Gasteiger partial charge < -0.3 is 4.74 Å². The molecule has 0 amide bonds. The molecular weight excluding hydrogens is 224 g/mol. The molecule has 1 fully saturated rings. The van der Waals surface area contributed by atoms with Crippen LogP contribution in [-0.4, -0.2) is 26.9 Å². The van der Waals surface area contributed by atoms with Crippen molar-refractivity contribution >= 4 is 9.84 Å². The van der Waals surface area contributed by atoms with Crippen molar-refractivity contribution in [2.75, 3.05) is 13.2 Å². The van der Waals surface area contributed by atoms with E-state index in [2.05, 4.69) is 0 Å². The van der Waals surface area contributed by atoms with E-state index in [0.717, 1.165) is 0 Å². The smallest absolute Gasteiger partial charge is 0.177 e. The van der Waals surface area contributed by atoms with Gasteiger partial charge >= 0.3 is 0 Å². The lowest BCUT2D eigenvalue weighted by atomic mass is 10.2. The van der Waals surface area contributed by atoms with Gasteiger partial charge in [-0.05, 0) is 32.3 Å². The predicted octanol–water partition coefficient (Wildman–Crippen LogP) is 2.45. The van der Waals surface area contributed by atoms with E-state index in [9.17, 15) is 8.42 Å². The molecule has 0 aromatic heterocycles. The van der Waals surface area contributed by atoms with Gasteiger partial charge in [-0.15, -0.1) is 0 Å². The minimum atomic E-state index is -3.12. The molecule has 0 bridgehead atoms. The Balaban J connectivity index is 2.89. The van der Waals surface area contributed by atoms with Gasteiger partial charge in [0.1, 0.15) is 0 Å². The molecule has 1 aliphatic rings. The van der Waals surface area contributed by atoms with E-state index in [1.165, 1.54) is 0 Å². The van der Waals surface area contributed by atoms with E-state index in [-0.39, 0.29) is 5.25 Å². The number of allylic oxidation sites excluding steroid dienone is 4. The van der Waals surface area contributed by atoms with E-state index in [4.69, 9.17) is 4.74 Å². The van der Waals surface area contributed by atoms with Gasteiger partial charge in [0, 0.05) is 18.1 Å². The van der Waals surface area contributed by atoms with Gasteiger partial charge in [-0.3, -0.25) is 0 Å². The first-order valence-corrected chi connectivity index (χ1v) is 7.31. The molecule has 0 aromatic rings. The number of sulfone groups is 1. The van der Waals surface area contributed by atoms with Gasteiger partial charge in [-0.1, -0.05) is 19.1 Å². The third kappa shape index (κ3) is 3.19. The molecule has 0 aliphatic carbocycles. The summed E-state index contributed by atoms with van der Waals surface area (Å²) >= 11 is 0. The molecule has 0 N–H and O–H groups in total. The lowest BCUT2D eigenvalue weighted by Gasteiger charge is -2.23. The first kappa shape index (κ1) is 13.5. The third-order valence-electron chi connectivity index (χ3n) is 2.80. The van der Waals surface area contributed by atoms with Crippen LogP contribution in [0.25, 0.3) is 0 Å². The van der Waals surface area contributed by atoms with Crippen LogP contribution in [0.4, 0.5) is 0 Å². The summed E-state index contributed by atoms with van der Waals surface area (Å²) in [5.41, 5.74) is 0. The predicted molar refractivity (Wildman–Crippen MR) is 65.9 cm³/mol. The van der Waals surface area contributed by atoms with Crippen LogP contribution in [0.2, 0.25) is 0 Å². The lowest BCUT2D eigenvalue weighted by molar-refractivity contribution is 0.0985. The Morgan fingerprint density at radius 2 is 2.00 bits per heavy atom. The molecule has 0 spiro atoms. The highest BCUT2D eigenvalue weighted by Crippen LogP contribution is 2.24. The van der Waals surface area contributed by atoms with Gasteiger partial charge in [0.2, 0.25) is 0 Å². The van der Waals surface area contributed by atoms with Crippen LogP contribution >= 0.6 is 0 Å². The Bertz CT molecular complexity index is 360.